The highest BCUT2D eigenvalue weighted by molar-refractivity contribution is 7.98. The average Bonchev–Trinajstić information content (AvgIpc) is 2.67. The van der Waals surface area contributed by atoms with Gasteiger partial charge in [0.05, 0.1) is 0 Å². The predicted octanol–water partition coefficient (Wildman–Crippen LogP) is 2.27. The highest BCUT2D eigenvalue weighted by Crippen LogP contribution is 2.31. The molecule has 0 saturated heterocycles. The first kappa shape index (κ1) is 8.12. The molecule has 1 aliphatic heterocycles. The summed E-state index contributed by atoms with van der Waals surface area (Å²) >= 11 is 1.81. The number of fused-ring (bicyclic) bond motifs is 3. The standard InChI is InChI=1S/C11H9NOS/c13-11-9-6-14-5-8(9)7-3-1-2-4-10(7)12-11/h1-4H,5-6H2,(H,12,13). The molecule has 3 rings (SSSR count). The van der Waals surface area contributed by atoms with Crippen LogP contribution >= 0.6 is 11.8 Å². The SMILES string of the molecule is O=c1[nH]c2ccccc2c2c1CSC2. The van der Waals surface area contributed by atoms with Gasteiger partial charge in [-0.2, -0.15) is 11.8 Å². The van der Waals surface area contributed by atoms with E-state index in [2.05, 4.69) is 11.1 Å². The Balaban J connectivity index is 2.52. The van der Waals surface area contributed by atoms with Gasteiger partial charge in [-0.1, -0.05) is 18.2 Å². The molecule has 2 nitrogen and oxygen atoms in total. The van der Waals surface area contributed by atoms with E-state index in [1.54, 1.807) is 0 Å². The maximum atomic E-state index is 11.7. The minimum Gasteiger partial charge on any atom is -0.322 e. The maximum absolute atomic E-state index is 11.7. The molecular weight excluding hydrogens is 194 g/mol. The Morgan fingerprint density at radius 1 is 1.14 bits per heavy atom. The number of para-hydroxylation sites is 1. The molecule has 0 atom stereocenters. The molecule has 0 radical (unpaired) electrons. The van der Waals surface area contributed by atoms with Crippen LogP contribution in [0.1, 0.15) is 11.1 Å². The predicted molar refractivity (Wildman–Crippen MR) is 59.6 cm³/mol. The van der Waals surface area contributed by atoms with Gasteiger partial charge in [-0.3, -0.25) is 4.79 Å². The number of hydrogen-bond donors (Lipinski definition) is 1. The van der Waals surface area contributed by atoms with Crippen molar-refractivity contribution < 1.29 is 0 Å². The summed E-state index contributed by atoms with van der Waals surface area (Å²) in [7, 11) is 0. The van der Waals surface area contributed by atoms with Gasteiger partial charge in [0.2, 0.25) is 0 Å². The van der Waals surface area contributed by atoms with Crippen molar-refractivity contribution in [3.63, 3.8) is 0 Å². The average molecular weight is 203 g/mol. The van der Waals surface area contributed by atoms with Crippen LogP contribution in [0.15, 0.2) is 29.1 Å². The lowest BCUT2D eigenvalue weighted by atomic mass is 10.1. The largest absolute Gasteiger partial charge is 0.322 e. The minimum absolute atomic E-state index is 0.0868. The van der Waals surface area contributed by atoms with Gasteiger partial charge < -0.3 is 4.98 Å². The molecule has 1 aliphatic rings. The Morgan fingerprint density at radius 2 is 1.93 bits per heavy atom. The second kappa shape index (κ2) is 2.89. The summed E-state index contributed by atoms with van der Waals surface area (Å²) in [6.45, 7) is 0. The number of aromatic nitrogens is 1. The van der Waals surface area contributed by atoms with E-state index in [0.29, 0.717) is 0 Å². The van der Waals surface area contributed by atoms with Crippen molar-refractivity contribution in [3.05, 3.63) is 45.7 Å². The van der Waals surface area contributed by atoms with Crippen molar-refractivity contribution in [2.24, 2.45) is 0 Å². The number of hydrogen-bond acceptors (Lipinski definition) is 2. The van der Waals surface area contributed by atoms with Crippen LogP contribution in [-0.2, 0) is 11.5 Å². The molecule has 1 aromatic carbocycles. The topological polar surface area (TPSA) is 32.9 Å². The first-order valence-corrected chi connectivity index (χ1v) is 5.72. The fourth-order valence-electron chi connectivity index (χ4n) is 1.93. The fourth-order valence-corrected chi connectivity index (χ4v) is 3.07. The smallest absolute Gasteiger partial charge is 0.252 e. The lowest BCUT2D eigenvalue weighted by Crippen LogP contribution is -2.11. The summed E-state index contributed by atoms with van der Waals surface area (Å²) in [4.78, 5) is 14.6. The monoisotopic (exact) mass is 203 g/mol. The lowest BCUT2D eigenvalue weighted by molar-refractivity contribution is 1.20. The highest BCUT2D eigenvalue weighted by Gasteiger charge is 2.17. The van der Waals surface area contributed by atoms with Crippen molar-refractivity contribution in [1.82, 2.24) is 4.98 Å². The summed E-state index contributed by atoms with van der Waals surface area (Å²) in [6.07, 6.45) is 0. The molecule has 2 heterocycles. The Hall–Kier alpha value is -1.22. The second-order valence-electron chi connectivity index (χ2n) is 3.45. The zero-order valence-electron chi connectivity index (χ0n) is 7.54. The van der Waals surface area contributed by atoms with Crippen molar-refractivity contribution in [2.75, 3.05) is 0 Å². The first-order valence-electron chi connectivity index (χ1n) is 4.57. The third-order valence-corrected chi connectivity index (χ3v) is 3.62. The fraction of sp³-hybridized carbons (Fsp3) is 0.182. The van der Waals surface area contributed by atoms with E-state index in [1.165, 1.54) is 10.9 Å². The normalized spacial score (nSPS) is 14.6. The van der Waals surface area contributed by atoms with Gasteiger partial charge >= 0.3 is 0 Å². The van der Waals surface area contributed by atoms with Gasteiger partial charge in [0, 0.05) is 28.0 Å². The van der Waals surface area contributed by atoms with Gasteiger partial charge in [-0.15, -0.1) is 0 Å². The van der Waals surface area contributed by atoms with Crippen molar-refractivity contribution in [1.29, 1.82) is 0 Å². The summed E-state index contributed by atoms with van der Waals surface area (Å²) in [5.74, 6) is 1.83. The molecule has 0 saturated carbocycles. The number of nitrogens with one attached hydrogen (secondary N) is 1. The van der Waals surface area contributed by atoms with Gasteiger partial charge in [0.25, 0.3) is 5.56 Å². The maximum Gasteiger partial charge on any atom is 0.252 e. The molecule has 0 aliphatic carbocycles. The zero-order chi connectivity index (χ0) is 9.54. The number of benzene rings is 1. The number of rotatable bonds is 0. The Kier molecular flexibility index (Phi) is 1.67. The second-order valence-corrected chi connectivity index (χ2v) is 4.44. The Morgan fingerprint density at radius 3 is 2.86 bits per heavy atom. The van der Waals surface area contributed by atoms with Crippen LogP contribution in [0.4, 0.5) is 0 Å². The van der Waals surface area contributed by atoms with Crippen molar-refractivity contribution in [3.8, 4) is 0 Å². The first-order chi connectivity index (χ1) is 6.86. The molecule has 3 heteroatoms. The molecule has 1 aromatic heterocycles. The zero-order valence-corrected chi connectivity index (χ0v) is 8.36. The summed E-state index contributed by atoms with van der Waals surface area (Å²) in [6, 6.07) is 8.01. The van der Waals surface area contributed by atoms with E-state index < -0.39 is 0 Å². The van der Waals surface area contributed by atoms with Gasteiger partial charge in [-0.25, -0.2) is 0 Å². The molecule has 14 heavy (non-hydrogen) atoms. The summed E-state index contributed by atoms with van der Waals surface area (Å²) in [5, 5.41) is 1.20. The van der Waals surface area contributed by atoms with Crippen LogP contribution in [0.25, 0.3) is 10.9 Å². The van der Waals surface area contributed by atoms with E-state index in [-0.39, 0.29) is 5.56 Å². The molecule has 1 N–H and O–H groups in total. The van der Waals surface area contributed by atoms with Gasteiger partial charge in [0.15, 0.2) is 0 Å². The Labute approximate surface area is 85.3 Å². The quantitative estimate of drug-likeness (QED) is 0.712. The molecule has 0 fully saturated rings. The highest BCUT2D eigenvalue weighted by atomic mass is 32.2. The summed E-state index contributed by atoms with van der Waals surface area (Å²) < 4.78 is 0. The van der Waals surface area contributed by atoms with Gasteiger partial charge in [-0.05, 0) is 11.6 Å². The number of aromatic amines is 1. The van der Waals surface area contributed by atoms with Crippen molar-refractivity contribution in [2.45, 2.75) is 11.5 Å². The van der Waals surface area contributed by atoms with Crippen LogP contribution in [-0.4, -0.2) is 4.98 Å². The van der Waals surface area contributed by atoms with Crippen LogP contribution in [0.3, 0.4) is 0 Å². The van der Waals surface area contributed by atoms with Gasteiger partial charge in [0.1, 0.15) is 0 Å². The van der Waals surface area contributed by atoms with Crippen molar-refractivity contribution >= 4 is 22.7 Å². The van der Waals surface area contributed by atoms with E-state index in [1.807, 2.05) is 30.0 Å². The van der Waals surface area contributed by atoms with Crippen LogP contribution in [0.2, 0.25) is 0 Å². The molecular formula is C11H9NOS. The van der Waals surface area contributed by atoms with E-state index in [4.69, 9.17) is 0 Å². The molecule has 0 bridgehead atoms. The summed E-state index contributed by atoms with van der Waals surface area (Å²) in [5.41, 5.74) is 3.24. The van der Waals surface area contributed by atoms with Crippen LogP contribution in [0.5, 0.6) is 0 Å². The molecule has 70 valence electrons. The molecule has 0 unspecified atom stereocenters. The van der Waals surface area contributed by atoms with E-state index >= 15 is 0 Å². The van der Waals surface area contributed by atoms with E-state index in [9.17, 15) is 4.79 Å². The van der Waals surface area contributed by atoms with Crippen LogP contribution in [0, 0.1) is 0 Å². The third-order valence-electron chi connectivity index (χ3n) is 2.63. The lowest BCUT2D eigenvalue weighted by Gasteiger charge is -2.02. The third kappa shape index (κ3) is 1.02. The van der Waals surface area contributed by atoms with Crippen LogP contribution < -0.4 is 5.56 Å². The Bertz CT molecular complexity index is 559. The minimum atomic E-state index is 0.0868. The molecule has 0 spiro atoms. The number of pyridine rings is 1. The molecule has 2 aromatic rings. The molecule has 0 amide bonds. The number of H-pyrrole nitrogens is 1. The van der Waals surface area contributed by atoms with E-state index in [0.717, 1.165) is 22.6 Å². The number of thioether (sulfide) groups is 1.